The largest absolute Gasteiger partial charge is 0.299 e. The summed E-state index contributed by atoms with van der Waals surface area (Å²) in [5.74, 6) is 2.32. The predicted octanol–water partition coefficient (Wildman–Crippen LogP) is -0.118. The minimum Gasteiger partial charge on any atom is -0.299 e. The van der Waals surface area contributed by atoms with Gasteiger partial charge in [0.25, 0.3) is 0 Å². The second-order valence-corrected chi connectivity index (χ2v) is 2.36. The van der Waals surface area contributed by atoms with Crippen molar-refractivity contribution in [3.63, 3.8) is 0 Å². The molecule has 13 heavy (non-hydrogen) atoms. The summed E-state index contributed by atoms with van der Waals surface area (Å²) in [7, 11) is 0. The molecule has 1 aromatic rings. The molecule has 0 saturated heterocycles. The van der Waals surface area contributed by atoms with Crippen LogP contribution >= 0.6 is 0 Å². The molecule has 0 aromatic carbocycles. The summed E-state index contributed by atoms with van der Waals surface area (Å²) in [4.78, 5) is 18.8. The number of Topliss-reactive ketones (excluding diaryl/α,β-unsaturated/α-hetero) is 1. The number of hydrogen-bond acceptors (Lipinski definition) is 4. The Balaban J connectivity index is 2.46. The number of nitrogens with one attached hydrogen (secondary N) is 1. The zero-order valence-electron chi connectivity index (χ0n) is 7.03. The fraction of sp³-hybridized carbons (Fsp3) is 0.222. The van der Waals surface area contributed by atoms with Gasteiger partial charge in [0.2, 0.25) is 0 Å². The van der Waals surface area contributed by atoms with E-state index in [-0.39, 0.29) is 12.3 Å². The number of aromatic nitrogens is 2. The molecule has 0 atom stereocenters. The first-order valence-corrected chi connectivity index (χ1v) is 3.77. The van der Waals surface area contributed by atoms with E-state index in [0.717, 1.165) is 0 Å². The SMILES string of the molecule is C#CCNCC(=O)c1cncnc1. The lowest BCUT2D eigenvalue weighted by atomic mass is 10.2. The van der Waals surface area contributed by atoms with E-state index >= 15 is 0 Å². The Morgan fingerprint density at radius 2 is 2.23 bits per heavy atom. The minimum absolute atomic E-state index is 0.0594. The predicted molar refractivity (Wildman–Crippen MR) is 48.1 cm³/mol. The molecule has 4 heteroatoms. The number of rotatable bonds is 4. The lowest BCUT2D eigenvalue weighted by molar-refractivity contribution is 0.0992. The third kappa shape index (κ3) is 3.01. The minimum atomic E-state index is -0.0594. The van der Waals surface area contributed by atoms with Crippen molar-refractivity contribution in [2.24, 2.45) is 0 Å². The van der Waals surface area contributed by atoms with Gasteiger partial charge in [0, 0.05) is 12.4 Å². The summed E-state index contributed by atoms with van der Waals surface area (Å²) in [6, 6.07) is 0. The van der Waals surface area contributed by atoms with Crippen LogP contribution in [0.15, 0.2) is 18.7 Å². The van der Waals surface area contributed by atoms with Gasteiger partial charge in [-0.25, -0.2) is 9.97 Å². The smallest absolute Gasteiger partial charge is 0.179 e. The van der Waals surface area contributed by atoms with Crippen molar-refractivity contribution < 1.29 is 4.79 Å². The van der Waals surface area contributed by atoms with E-state index in [1.165, 1.54) is 18.7 Å². The molecule has 0 aliphatic rings. The molecule has 0 radical (unpaired) electrons. The Labute approximate surface area is 76.4 Å². The van der Waals surface area contributed by atoms with Gasteiger partial charge in [-0.2, -0.15) is 0 Å². The van der Waals surface area contributed by atoms with Gasteiger partial charge in [-0.1, -0.05) is 5.92 Å². The van der Waals surface area contributed by atoms with Crippen LogP contribution in [0, 0.1) is 12.3 Å². The molecule has 0 bridgehead atoms. The lowest BCUT2D eigenvalue weighted by Gasteiger charge is -1.98. The number of hydrogen-bond donors (Lipinski definition) is 1. The van der Waals surface area contributed by atoms with Crippen LogP contribution in [0.2, 0.25) is 0 Å². The molecule has 66 valence electrons. The van der Waals surface area contributed by atoms with Crippen LogP contribution in [-0.4, -0.2) is 28.8 Å². The van der Waals surface area contributed by atoms with Gasteiger partial charge in [0.1, 0.15) is 6.33 Å². The number of carbonyl (C=O) groups is 1. The van der Waals surface area contributed by atoms with Crippen LogP contribution < -0.4 is 5.32 Å². The molecular weight excluding hydrogens is 166 g/mol. The highest BCUT2D eigenvalue weighted by Gasteiger charge is 2.03. The molecule has 0 fully saturated rings. The zero-order valence-corrected chi connectivity index (χ0v) is 7.03. The van der Waals surface area contributed by atoms with Crippen molar-refractivity contribution >= 4 is 5.78 Å². The summed E-state index contributed by atoms with van der Waals surface area (Å²) in [5, 5.41) is 2.79. The zero-order chi connectivity index (χ0) is 9.52. The molecule has 0 amide bonds. The Morgan fingerprint density at radius 1 is 1.54 bits per heavy atom. The highest BCUT2D eigenvalue weighted by atomic mass is 16.1. The monoisotopic (exact) mass is 175 g/mol. The number of carbonyl (C=O) groups excluding carboxylic acids is 1. The Hall–Kier alpha value is -1.73. The average Bonchev–Trinajstić information content (AvgIpc) is 2.19. The average molecular weight is 175 g/mol. The normalized spacial score (nSPS) is 9.15. The molecule has 0 unspecified atom stereocenters. The van der Waals surface area contributed by atoms with Crippen LogP contribution in [0.1, 0.15) is 10.4 Å². The van der Waals surface area contributed by atoms with E-state index < -0.39 is 0 Å². The second kappa shape index (κ2) is 5.01. The summed E-state index contributed by atoms with van der Waals surface area (Å²) in [6.07, 6.45) is 9.34. The highest BCUT2D eigenvalue weighted by molar-refractivity contribution is 5.97. The molecule has 0 aliphatic heterocycles. The van der Waals surface area contributed by atoms with Gasteiger partial charge < -0.3 is 0 Å². The first kappa shape index (κ1) is 9.36. The lowest BCUT2D eigenvalue weighted by Crippen LogP contribution is -2.23. The van der Waals surface area contributed by atoms with E-state index in [9.17, 15) is 4.79 Å². The van der Waals surface area contributed by atoms with Crippen molar-refractivity contribution in [2.75, 3.05) is 13.1 Å². The summed E-state index contributed by atoms with van der Waals surface area (Å²) in [6.45, 7) is 0.608. The first-order chi connectivity index (χ1) is 6.34. The second-order valence-electron chi connectivity index (χ2n) is 2.36. The molecule has 1 aromatic heterocycles. The van der Waals surface area contributed by atoms with Crippen LogP contribution in [0.25, 0.3) is 0 Å². The summed E-state index contributed by atoms with van der Waals surface area (Å²) in [5.41, 5.74) is 0.493. The fourth-order valence-corrected chi connectivity index (χ4v) is 0.793. The van der Waals surface area contributed by atoms with Crippen LogP contribution in [0.3, 0.4) is 0 Å². The Morgan fingerprint density at radius 3 is 2.85 bits per heavy atom. The van der Waals surface area contributed by atoms with Crippen molar-refractivity contribution in [3.05, 3.63) is 24.3 Å². The number of nitrogens with zero attached hydrogens (tertiary/aromatic N) is 2. The Bertz CT molecular complexity index is 315. The van der Waals surface area contributed by atoms with Gasteiger partial charge in [-0.05, 0) is 0 Å². The molecular formula is C9H9N3O. The third-order valence-electron chi connectivity index (χ3n) is 1.40. The van der Waals surface area contributed by atoms with Crippen molar-refractivity contribution in [1.29, 1.82) is 0 Å². The number of ketones is 1. The maximum Gasteiger partial charge on any atom is 0.179 e. The van der Waals surface area contributed by atoms with E-state index in [1.807, 2.05) is 0 Å². The van der Waals surface area contributed by atoms with Gasteiger partial charge >= 0.3 is 0 Å². The van der Waals surface area contributed by atoms with E-state index in [2.05, 4.69) is 21.2 Å². The van der Waals surface area contributed by atoms with E-state index in [1.54, 1.807) is 0 Å². The highest BCUT2D eigenvalue weighted by Crippen LogP contribution is 1.93. The van der Waals surface area contributed by atoms with Crippen molar-refractivity contribution in [3.8, 4) is 12.3 Å². The maximum absolute atomic E-state index is 11.3. The van der Waals surface area contributed by atoms with Crippen molar-refractivity contribution in [2.45, 2.75) is 0 Å². The molecule has 0 saturated carbocycles. The topological polar surface area (TPSA) is 54.9 Å². The number of terminal acetylenes is 1. The van der Waals surface area contributed by atoms with Crippen LogP contribution in [0.5, 0.6) is 0 Å². The van der Waals surface area contributed by atoms with E-state index in [4.69, 9.17) is 6.42 Å². The summed E-state index contributed by atoms with van der Waals surface area (Å²) < 4.78 is 0. The summed E-state index contributed by atoms with van der Waals surface area (Å²) >= 11 is 0. The van der Waals surface area contributed by atoms with Gasteiger partial charge in [0.15, 0.2) is 5.78 Å². The Kier molecular flexibility index (Phi) is 3.61. The molecule has 1 N–H and O–H groups in total. The molecule has 1 rings (SSSR count). The maximum atomic E-state index is 11.3. The standard InChI is InChI=1S/C9H9N3O/c1-2-3-10-6-9(13)8-4-11-7-12-5-8/h1,4-5,7,10H,3,6H2. The molecule has 0 aliphatic carbocycles. The quantitative estimate of drug-likeness (QED) is 0.394. The van der Waals surface area contributed by atoms with Crippen LogP contribution in [-0.2, 0) is 0 Å². The fourth-order valence-electron chi connectivity index (χ4n) is 0.793. The first-order valence-electron chi connectivity index (χ1n) is 3.77. The molecule has 4 nitrogen and oxygen atoms in total. The third-order valence-corrected chi connectivity index (χ3v) is 1.40. The molecule has 0 spiro atoms. The van der Waals surface area contributed by atoms with E-state index in [0.29, 0.717) is 12.1 Å². The van der Waals surface area contributed by atoms with Crippen molar-refractivity contribution in [1.82, 2.24) is 15.3 Å². The van der Waals surface area contributed by atoms with Gasteiger partial charge in [0.05, 0.1) is 18.7 Å². The van der Waals surface area contributed by atoms with Gasteiger partial charge in [-0.3, -0.25) is 10.1 Å². The van der Waals surface area contributed by atoms with Crippen LogP contribution in [0.4, 0.5) is 0 Å². The van der Waals surface area contributed by atoms with Gasteiger partial charge in [-0.15, -0.1) is 6.42 Å². The molecule has 1 heterocycles.